The molecule has 0 heterocycles. The molecule has 0 saturated heterocycles. The van der Waals surface area contributed by atoms with Gasteiger partial charge in [0.15, 0.2) is 0 Å². The topological polar surface area (TPSA) is 127 Å². The molecule has 1 aliphatic rings. The molecule has 2 aromatic carbocycles. The first-order valence-corrected chi connectivity index (χ1v) is 16.7. The van der Waals surface area contributed by atoms with Crippen LogP contribution in [0.25, 0.3) is 12.2 Å². The van der Waals surface area contributed by atoms with E-state index in [1.165, 1.54) is 43.9 Å². The quantitative estimate of drug-likeness (QED) is 0.0875. The number of rotatable bonds is 14. The standard InChI is InChI=1S/C42H48O8/c1-28(13-20-38-30(3)12-9-22-41(38,6)7)10-8-11-29(2)21-23-42(40(47)48,27-39(45)46)35-18-16-33(17-19-35)14-15-34-24-36(49-31(4)43)26-37(25-34)50-32(5)44/h8,10-11,13-21,24-26H,9,12,22-23,27H2,1-7H3,(H,45,46)(H,47,48)/b11-8+,15-14+,20-13+,28-10-,29-21-. The summed E-state index contributed by atoms with van der Waals surface area (Å²) in [6.45, 7) is 13.2. The van der Waals surface area contributed by atoms with Crippen LogP contribution in [-0.2, 0) is 24.6 Å². The van der Waals surface area contributed by atoms with Gasteiger partial charge < -0.3 is 19.7 Å². The van der Waals surface area contributed by atoms with E-state index in [2.05, 4.69) is 32.9 Å². The third-order valence-corrected chi connectivity index (χ3v) is 8.77. The number of carbonyl (C=O) groups excluding carboxylic acids is 2. The third-order valence-electron chi connectivity index (χ3n) is 8.77. The van der Waals surface area contributed by atoms with Gasteiger partial charge in [-0.2, -0.15) is 0 Å². The Morgan fingerprint density at radius 1 is 0.820 bits per heavy atom. The van der Waals surface area contributed by atoms with Crippen LogP contribution in [0.1, 0.15) is 97.3 Å². The normalized spacial score (nSPS) is 16.5. The zero-order valence-electron chi connectivity index (χ0n) is 30.0. The van der Waals surface area contributed by atoms with Gasteiger partial charge in [-0.15, -0.1) is 0 Å². The van der Waals surface area contributed by atoms with Crippen LogP contribution in [0.15, 0.2) is 101 Å². The lowest BCUT2D eigenvalue weighted by molar-refractivity contribution is -0.150. The van der Waals surface area contributed by atoms with Crippen molar-refractivity contribution in [3.63, 3.8) is 0 Å². The molecule has 0 saturated carbocycles. The molecule has 8 nitrogen and oxygen atoms in total. The summed E-state index contributed by atoms with van der Waals surface area (Å²) in [6, 6.07) is 11.3. The Balaban J connectivity index is 1.82. The molecule has 1 atom stereocenters. The van der Waals surface area contributed by atoms with Gasteiger partial charge in [0.25, 0.3) is 0 Å². The number of esters is 2. The number of aliphatic carboxylic acids is 2. The highest BCUT2D eigenvalue weighted by molar-refractivity contribution is 5.87. The van der Waals surface area contributed by atoms with Gasteiger partial charge in [0.2, 0.25) is 0 Å². The SMILES string of the molecule is CC(=O)Oc1cc(/C=C/c2ccc(C(C\C=C(C)/C=C/C=C(C)\C=C\C3=C(C)CCCC3(C)C)(CC(=O)O)C(=O)O)cc2)cc(OC(C)=O)c1. The van der Waals surface area contributed by atoms with Crippen molar-refractivity contribution in [2.45, 2.75) is 86.0 Å². The monoisotopic (exact) mass is 680 g/mol. The van der Waals surface area contributed by atoms with E-state index in [4.69, 9.17) is 9.47 Å². The van der Waals surface area contributed by atoms with E-state index in [1.807, 2.05) is 32.1 Å². The predicted molar refractivity (Wildman–Crippen MR) is 197 cm³/mol. The summed E-state index contributed by atoms with van der Waals surface area (Å²) < 4.78 is 10.3. The van der Waals surface area contributed by atoms with Crippen molar-refractivity contribution in [3.8, 4) is 11.5 Å². The third kappa shape index (κ3) is 11.4. The molecule has 3 rings (SSSR count). The van der Waals surface area contributed by atoms with Crippen molar-refractivity contribution < 1.29 is 38.9 Å². The molecule has 1 aliphatic carbocycles. The summed E-state index contributed by atoms with van der Waals surface area (Å²) in [5, 5.41) is 20.1. The summed E-state index contributed by atoms with van der Waals surface area (Å²) in [4.78, 5) is 47.6. The zero-order valence-corrected chi connectivity index (χ0v) is 30.0. The van der Waals surface area contributed by atoms with Crippen molar-refractivity contribution in [2.24, 2.45) is 5.41 Å². The Bertz CT molecular complexity index is 1750. The molecule has 0 amide bonds. The van der Waals surface area contributed by atoms with Crippen LogP contribution in [-0.4, -0.2) is 34.1 Å². The number of hydrogen-bond donors (Lipinski definition) is 2. The maximum atomic E-state index is 12.7. The van der Waals surface area contributed by atoms with Crippen molar-refractivity contribution in [1.29, 1.82) is 0 Å². The predicted octanol–water partition coefficient (Wildman–Crippen LogP) is 9.43. The van der Waals surface area contributed by atoms with Gasteiger partial charge in [-0.3, -0.25) is 19.2 Å². The summed E-state index contributed by atoms with van der Waals surface area (Å²) >= 11 is 0. The summed E-state index contributed by atoms with van der Waals surface area (Å²) in [5.41, 5.74) is 4.86. The fraction of sp³-hybridized carbons (Fsp3) is 0.333. The fourth-order valence-corrected chi connectivity index (χ4v) is 6.12. The smallest absolute Gasteiger partial charge is 0.315 e. The fourth-order valence-electron chi connectivity index (χ4n) is 6.12. The number of carboxylic acid groups (broad SMARTS) is 2. The van der Waals surface area contributed by atoms with E-state index in [-0.39, 0.29) is 23.3 Å². The van der Waals surface area contributed by atoms with Crippen molar-refractivity contribution in [3.05, 3.63) is 118 Å². The Morgan fingerprint density at radius 2 is 1.42 bits per heavy atom. The van der Waals surface area contributed by atoms with E-state index < -0.39 is 35.7 Å². The van der Waals surface area contributed by atoms with Crippen LogP contribution in [0, 0.1) is 5.41 Å². The zero-order chi connectivity index (χ0) is 37.1. The first kappa shape index (κ1) is 39.2. The van der Waals surface area contributed by atoms with E-state index in [0.717, 1.165) is 17.6 Å². The van der Waals surface area contributed by atoms with Crippen LogP contribution < -0.4 is 9.47 Å². The van der Waals surface area contributed by atoms with E-state index >= 15 is 0 Å². The molecule has 2 N–H and O–H groups in total. The lowest BCUT2D eigenvalue weighted by Crippen LogP contribution is -2.38. The Morgan fingerprint density at radius 3 is 1.96 bits per heavy atom. The molecule has 50 heavy (non-hydrogen) atoms. The molecule has 0 radical (unpaired) electrons. The molecular weight excluding hydrogens is 632 g/mol. The molecule has 8 heteroatoms. The molecular formula is C42H48O8. The lowest BCUT2D eigenvalue weighted by Gasteiger charge is -2.32. The maximum absolute atomic E-state index is 12.7. The van der Waals surface area contributed by atoms with Crippen molar-refractivity contribution >= 4 is 36.0 Å². The highest BCUT2D eigenvalue weighted by Crippen LogP contribution is 2.41. The minimum atomic E-state index is -1.69. The summed E-state index contributed by atoms with van der Waals surface area (Å²) in [6.07, 6.45) is 18.3. The van der Waals surface area contributed by atoms with Crippen LogP contribution in [0.3, 0.4) is 0 Å². The highest BCUT2D eigenvalue weighted by atomic mass is 16.5. The maximum Gasteiger partial charge on any atom is 0.315 e. The molecule has 2 aromatic rings. The van der Waals surface area contributed by atoms with Gasteiger partial charge in [-0.1, -0.05) is 103 Å². The summed E-state index contributed by atoms with van der Waals surface area (Å²) in [7, 11) is 0. The molecule has 1 unspecified atom stereocenters. The average Bonchev–Trinajstić information content (AvgIpc) is 3.00. The first-order valence-electron chi connectivity index (χ1n) is 16.7. The first-order chi connectivity index (χ1) is 23.5. The number of carboxylic acids is 2. The molecule has 264 valence electrons. The molecule has 0 aliphatic heterocycles. The molecule has 0 bridgehead atoms. The van der Waals surface area contributed by atoms with Gasteiger partial charge in [-0.25, -0.2) is 0 Å². The van der Waals surface area contributed by atoms with Crippen LogP contribution in [0.5, 0.6) is 11.5 Å². The highest BCUT2D eigenvalue weighted by Gasteiger charge is 2.41. The van der Waals surface area contributed by atoms with Gasteiger partial charge in [-0.05, 0) is 86.3 Å². The average molecular weight is 681 g/mol. The second kappa shape index (κ2) is 17.4. The Kier molecular flexibility index (Phi) is 13.7. The number of benzene rings is 2. The van der Waals surface area contributed by atoms with Gasteiger partial charge in [0.1, 0.15) is 16.9 Å². The van der Waals surface area contributed by atoms with E-state index in [1.54, 1.807) is 54.6 Å². The molecule has 0 spiro atoms. The lowest BCUT2D eigenvalue weighted by atomic mass is 9.72. The van der Waals surface area contributed by atoms with E-state index in [9.17, 15) is 29.4 Å². The van der Waals surface area contributed by atoms with Crippen molar-refractivity contribution in [2.75, 3.05) is 0 Å². The molecule has 0 aromatic heterocycles. The number of carbonyl (C=O) groups is 4. The van der Waals surface area contributed by atoms with E-state index in [0.29, 0.717) is 16.7 Å². The number of ether oxygens (including phenoxy) is 2. The largest absolute Gasteiger partial charge is 0.481 e. The van der Waals surface area contributed by atoms with Gasteiger partial charge in [0.05, 0.1) is 6.42 Å². The van der Waals surface area contributed by atoms with Gasteiger partial charge >= 0.3 is 23.9 Å². The Hall–Kier alpha value is -5.24. The van der Waals surface area contributed by atoms with Crippen molar-refractivity contribution in [1.82, 2.24) is 0 Å². The summed E-state index contributed by atoms with van der Waals surface area (Å²) in [5.74, 6) is -3.08. The Labute approximate surface area is 295 Å². The second-order valence-electron chi connectivity index (χ2n) is 13.5. The van der Waals surface area contributed by atoms with Crippen LogP contribution in [0.2, 0.25) is 0 Å². The molecule has 0 fully saturated rings. The van der Waals surface area contributed by atoms with Gasteiger partial charge in [0, 0.05) is 19.9 Å². The number of allylic oxidation sites excluding steroid dienone is 10. The van der Waals surface area contributed by atoms with Crippen LogP contribution >= 0.6 is 0 Å². The minimum absolute atomic E-state index is 0.0209. The second-order valence-corrected chi connectivity index (χ2v) is 13.5. The minimum Gasteiger partial charge on any atom is -0.481 e. The van der Waals surface area contributed by atoms with Crippen LogP contribution in [0.4, 0.5) is 0 Å². The number of hydrogen-bond acceptors (Lipinski definition) is 6.